The van der Waals surface area contributed by atoms with Crippen molar-refractivity contribution < 1.29 is 9.53 Å². The highest BCUT2D eigenvalue weighted by atomic mass is 16.5. The number of methoxy groups -OCH3 is 1. The van der Waals surface area contributed by atoms with Crippen molar-refractivity contribution in [2.45, 2.75) is 0 Å². The van der Waals surface area contributed by atoms with E-state index in [1.165, 1.54) is 0 Å². The average Bonchev–Trinajstić information content (AvgIpc) is 2.48. The summed E-state index contributed by atoms with van der Waals surface area (Å²) >= 11 is 0. The first-order valence-electron chi connectivity index (χ1n) is 6.54. The van der Waals surface area contributed by atoms with Crippen LogP contribution >= 0.6 is 0 Å². The van der Waals surface area contributed by atoms with Crippen molar-refractivity contribution in [3.05, 3.63) is 23.8 Å². The zero-order chi connectivity index (χ0) is 14.5. The number of nitrogens with two attached hydrogens (primary N) is 1. The summed E-state index contributed by atoms with van der Waals surface area (Å²) in [5.41, 5.74) is 6.88. The average molecular weight is 273 g/mol. The maximum absolute atomic E-state index is 12.4. The van der Waals surface area contributed by atoms with Crippen LogP contribution in [0.25, 0.3) is 0 Å². The standard InChI is InChI=1S/C15H19N3O2/c1-3-6-17-7-9-18(10-8-17)15(19)12-4-5-13(16)14(11-12)20-2/h1,4-5,11H,6-10,16H2,2H3. The van der Waals surface area contributed by atoms with Crippen LogP contribution in [0.5, 0.6) is 5.75 Å². The zero-order valence-electron chi connectivity index (χ0n) is 11.6. The molecule has 5 nitrogen and oxygen atoms in total. The molecule has 0 spiro atoms. The SMILES string of the molecule is C#CCN1CCN(C(=O)c2ccc(N)c(OC)c2)CC1. The molecule has 1 aliphatic heterocycles. The number of carbonyl (C=O) groups is 1. The van der Waals surface area contributed by atoms with Crippen LogP contribution < -0.4 is 10.5 Å². The number of amides is 1. The summed E-state index contributed by atoms with van der Waals surface area (Å²) in [6.45, 7) is 3.63. The highest BCUT2D eigenvalue weighted by Gasteiger charge is 2.22. The number of hydrogen-bond donors (Lipinski definition) is 1. The second-order valence-corrected chi connectivity index (χ2v) is 4.73. The van der Waals surface area contributed by atoms with Crippen molar-refractivity contribution >= 4 is 11.6 Å². The minimum Gasteiger partial charge on any atom is -0.495 e. The lowest BCUT2D eigenvalue weighted by atomic mass is 10.1. The van der Waals surface area contributed by atoms with Crippen LogP contribution in [0.1, 0.15) is 10.4 Å². The van der Waals surface area contributed by atoms with Gasteiger partial charge in [0.1, 0.15) is 5.75 Å². The lowest BCUT2D eigenvalue weighted by molar-refractivity contribution is 0.0652. The highest BCUT2D eigenvalue weighted by Crippen LogP contribution is 2.23. The predicted molar refractivity (Wildman–Crippen MR) is 78.6 cm³/mol. The number of ether oxygens (including phenoxy) is 1. The molecule has 0 bridgehead atoms. The first-order valence-corrected chi connectivity index (χ1v) is 6.54. The third kappa shape index (κ3) is 3.03. The van der Waals surface area contributed by atoms with Crippen LogP contribution in [-0.2, 0) is 0 Å². The summed E-state index contributed by atoms with van der Waals surface area (Å²) < 4.78 is 5.15. The van der Waals surface area contributed by atoms with Crippen LogP contribution in [0.3, 0.4) is 0 Å². The molecule has 1 aliphatic rings. The third-order valence-electron chi connectivity index (χ3n) is 3.45. The molecule has 0 unspecified atom stereocenters. The van der Waals surface area contributed by atoms with Crippen molar-refractivity contribution in [1.29, 1.82) is 0 Å². The van der Waals surface area contributed by atoms with Crippen LogP contribution in [0.4, 0.5) is 5.69 Å². The van der Waals surface area contributed by atoms with E-state index in [9.17, 15) is 4.79 Å². The zero-order valence-corrected chi connectivity index (χ0v) is 11.6. The summed E-state index contributed by atoms with van der Waals surface area (Å²) in [6.07, 6.45) is 5.29. The summed E-state index contributed by atoms with van der Waals surface area (Å²) in [7, 11) is 1.54. The summed E-state index contributed by atoms with van der Waals surface area (Å²) in [6, 6.07) is 5.11. The molecule has 1 amide bonds. The lowest BCUT2D eigenvalue weighted by Crippen LogP contribution is -2.48. The minimum atomic E-state index is 0.00339. The van der Waals surface area contributed by atoms with Crippen LogP contribution in [0.2, 0.25) is 0 Å². The van der Waals surface area contributed by atoms with Gasteiger partial charge in [-0.1, -0.05) is 5.92 Å². The molecule has 20 heavy (non-hydrogen) atoms. The van der Waals surface area contributed by atoms with Gasteiger partial charge in [-0.2, -0.15) is 0 Å². The Labute approximate surface area is 119 Å². The molecule has 1 saturated heterocycles. The molecule has 106 valence electrons. The Morgan fingerprint density at radius 2 is 2.10 bits per heavy atom. The molecular weight excluding hydrogens is 254 g/mol. The summed E-state index contributed by atoms with van der Waals surface area (Å²) in [5.74, 6) is 3.16. The van der Waals surface area contributed by atoms with E-state index in [1.807, 2.05) is 4.90 Å². The topological polar surface area (TPSA) is 58.8 Å². The smallest absolute Gasteiger partial charge is 0.254 e. The van der Waals surface area contributed by atoms with Crippen molar-refractivity contribution in [3.63, 3.8) is 0 Å². The van der Waals surface area contributed by atoms with E-state index in [4.69, 9.17) is 16.9 Å². The number of anilines is 1. The first-order chi connectivity index (χ1) is 9.65. The summed E-state index contributed by atoms with van der Waals surface area (Å²) in [4.78, 5) is 16.4. The van der Waals surface area contributed by atoms with Crippen molar-refractivity contribution in [2.75, 3.05) is 45.6 Å². The van der Waals surface area contributed by atoms with Gasteiger partial charge in [-0.05, 0) is 18.2 Å². The largest absolute Gasteiger partial charge is 0.495 e. The van der Waals surface area contributed by atoms with Gasteiger partial charge in [-0.25, -0.2) is 0 Å². The Hall–Kier alpha value is -2.19. The van der Waals surface area contributed by atoms with Crippen molar-refractivity contribution in [2.24, 2.45) is 0 Å². The van der Waals surface area contributed by atoms with E-state index in [-0.39, 0.29) is 5.91 Å². The van der Waals surface area contributed by atoms with Crippen LogP contribution in [0, 0.1) is 12.3 Å². The van der Waals surface area contributed by atoms with E-state index >= 15 is 0 Å². The van der Waals surface area contributed by atoms with Gasteiger partial charge in [0.25, 0.3) is 5.91 Å². The number of piperazine rings is 1. The lowest BCUT2D eigenvalue weighted by Gasteiger charge is -2.33. The van der Waals surface area contributed by atoms with E-state index < -0.39 is 0 Å². The van der Waals surface area contributed by atoms with Gasteiger partial charge in [-0.3, -0.25) is 9.69 Å². The van der Waals surface area contributed by atoms with Gasteiger partial charge in [-0.15, -0.1) is 6.42 Å². The van der Waals surface area contributed by atoms with Gasteiger partial charge in [0, 0.05) is 31.7 Å². The van der Waals surface area contributed by atoms with Gasteiger partial charge in [0.05, 0.1) is 19.3 Å². The number of rotatable bonds is 3. The van der Waals surface area contributed by atoms with Gasteiger partial charge >= 0.3 is 0 Å². The van der Waals surface area contributed by atoms with Crippen molar-refractivity contribution in [3.8, 4) is 18.1 Å². The van der Waals surface area contributed by atoms with Gasteiger partial charge < -0.3 is 15.4 Å². The number of carbonyl (C=O) groups excluding carboxylic acids is 1. The molecular formula is C15H19N3O2. The quantitative estimate of drug-likeness (QED) is 0.649. The Kier molecular flexibility index (Phi) is 4.49. The number of hydrogen-bond acceptors (Lipinski definition) is 4. The van der Waals surface area contributed by atoms with E-state index in [1.54, 1.807) is 25.3 Å². The fraction of sp³-hybridized carbons (Fsp3) is 0.400. The normalized spacial score (nSPS) is 15.7. The third-order valence-corrected chi connectivity index (χ3v) is 3.45. The molecule has 1 heterocycles. The van der Waals surface area contributed by atoms with E-state index in [0.717, 1.165) is 13.1 Å². The molecule has 2 N–H and O–H groups in total. The van der Waals surface area contributed by atoms with E-state index in [2.05, 4.69) is 10.8 Å². The molecule has 1 fully saturated rings. The maximum Gasteiger partial charge on any atom is 0.254 e. The molecule has 1 aromatic carbocycles. The number of nitrogens with zero attached hydrogens (tertiary/aromatic N) is 2. The second kappa shape index (κ2) is 6.31. The highest BCUT2D eigenvalue weighted by molar-refractivity contribution is 5.95. The monoisotopic (exact) mass is 273 g/mol. The fourth-order valence-electron chi connectivity index (χ4n) is 2.26. The number of nitrogen functional groups attached to an aromatic ring is 1. The Morgan fingerprint density at radius 3 is 2.70 bits per heavy atom. The predicted octanol–water partition coefficient (Wildman–Crippen LogP) is 0.668. The fourth-order valence-corrected chi connectivity index (χ4v) is 2.26. The van der Waals surface area contributed by atoms with Gasteiger partial charge in [0.2, 0.25) is 0 Å². The molecule has 0 radical (unpaired) electrons. The minimum absolute atomic E-state index is 0.00339. The molecule has 5 heteroatoms. The number of terminal acetylenes is 1. The Balaban J connectivity index is 2.04. The van der Waals surface area contributed by atoms with Crippen LogP contribution in [-0.4, -0.2) is 55.5 Å². The van der Waals surface area contributed by atoms with Crippen molar-refractivity contribution in [1.82, 2.24) is 9.80 Å². The number of benzene rings is 1. The molecule has 0 aromatic heterocycles. The Morgan fingerprint density at radius 1 is 1.40 bits per heavy atom. The first kappa shape index (κ1) is 14.2. The second-order valence-electron chi connectivity index (χ2n) is 4.73. The summed E-state index contributed by atoms with van der Waals surface area (Å²) in [5, 5.41) is 0. The molecule has 0 saturated carbocycles. The van der Waals surface area contributed by atoms with Crippen LogP contribution in [0.15, 0.2) is 18.2 Å². The maximum atomic E-state index is 12.4. The van der Waals surface area contributed by atoms with Gasteiger partial charge in [0.15, 0.2) is 0 Å². The Bertz CT molecular complexity index is 528. The molecule has 0 aliphatic carbocycles. The molecule has 0 atom stereocenters. The molecule has 2 rings (SSSR count). The van der Waals surface area contributed by atoms with E-state index in [0.29, 0.717) is 36.6 Å². The molecule has 1 aromatic rings.